The minimum absolute atomic E-state index is 0.144. The average Bonchev–Trinajstić information content (AvgIpc) is 2.36. The fourth-order valence-electron chi connectivity index (χ4n) is 1.45. The monoisotopic (exact) mass is 283 g/mol. The third-order valence-electron chi connectivity index (χ3n) is 2.58. The second kappa shape index (κ2) is 7.47. The third kappa shape index (κ3) is 5.26. The molecular weight excluding hydrogens is 265 g/mol. The molecule has 0 aliphatic carbocycles. The highest BCUT2D eigenvalue weighted by atomic mass is 19.1. The standard InChI is InChI=1S/C14H18FNO4/c1-9(2)5-6-16-13(17)8-20-12-4-3-10(14(18)19)7-11(12)15/h3-4,7,9H,5-6,8H2,1-2H3,(H,16,17)(H,18,19). The Hall–Kier alpha value is -2.11. The minimum Gasteiger partial charge on any atom is -0.481 e. The van der Waals surface area contributed by atoms with Gasteiger partial charge in [-0.15, -0.1) is 0 Å². The van der Waals surface area contributed by atoms with Gasteiger partial charge < -0.3 is 15.2 Å². The molecule has 1 aromatic rings. The number of hydrogen-bond acceptors (Lipinski definition) is 3. The summed E-state index contributed by atoms with van der Waals surface area (Å²) in [5.41, 5.74) is -0.170. The molecule has 0 aliphatic heterocycles. The van der Waals surface area contributed by atoms with E-state index in [4.69, 9.17) is 9.84 Å². The quantitative estimate of drug-likeness (QED) is 0.803. The normalized spacial score (nSPS) is 10.4. The van der Waals surface area contributed by atoms with E-state index < -0.39 is 11.8 Å². The first-order chi connectivity index (χ1) is 9.40. The molecule has 0 radical (unpaired) electrons. The van der Waals surface area contributed by atoms with E-state index in [9.17, 15) is 14.0 Å². The van der Waals surface area contributed by atoms with Crippen molar-refractivity contribution in [1.29, 1.82) is 0 Å². The van der Waals surface area contributed by atoms with Crippen LogP contribution in [0.2, 0.25) is 0 Å². The van der Waals surface area contributed by atoms with E-state index in [1.54, 1.807) is 0 Å². The van der Waals surface area contributed by atoms with Crippen molar-refractivity contribution in [3.8, 4) is 5.75 Å². The van der Waals surface area contributed by atoms with Gasteiger partial charge in [0, 0.05) is 6.54 Å². The van der Waals surface area contributed by atoms with Crippen LogP contribution in [0.1, 0.15) is 30.6 Å². The van der Waals surface area contributed by atoms with E-state index in [0.717, 1.165) is 12.5 Å². The van der Waals surface area contributed by atoms with Crippen LogP contribution < -0.4 is 10.1 Å². The highest BCUT2D eigenvalue weighted by Gasteiger charge is 2.10. The molecule has 2 N–H and O–H groups in total. The Morgan fingerprint density at radius 2 is 2.10 bits per heavy atom. The molecule has 0 spiro atoms. The van der Waals surface area contributed by atoms with Crippen molar-refractivity contribution in [2.75, 3.05) is 13.2 Å². The summed E-state index contributed by atoms with van der Waals surface area (Å²) < 4.78 is 18.5. The number of halogens is 1. The summed E-state index contributed by atoms with van der Waals surface area (Å²) >= 11 is 0. The lowest BCUT2D eigenvalue weighted by molar-refractivity contribution is -0.123. The maximum Gasteiger partial charge on any atom is 0.335 e. The van der Waals surface area contributed by atoms with Crippen molar-refractivity contribution >= 4 is 11.9 Å². The van der Waals surface area contributed by atoms with Crippen LogP contribution in [0, 0.1) is 11.7 Å². The third-order valence-corrected chi connectivity index (χ3v) is 2.58. The van der Waals surface area contributed by atoms with Crippen LogP contribution in [-0.4, -0.2) is 30.1 Å². The minimum atomic E-state index is -1.22. The molecule has 1 amide bonds. The smallest absolute Gasteiger partial charge is 0.335 e. The number of rotatable bonds is 7. The van der Waals surface area contributed by atoms with Gasteiger partial charge in [0.15, 0.2) is 18.2 Å². The van der Waals surface area contributed by atoms with Gasteiger partial charge in [-0.1, -0.05) is 13.8 Å². The molecular formula is C14H18FNO4. The first-order valence-corrected chi connectivity index (χ1v) is 6.32. The van der Waals surface area contributed by atoms with Crippen LogP contribution in [-0.2, 0) is 4.79 Å². The van der Waals surface area contributed by atoms with Crippen LogP contribution in [0.3, 0.4) is 0 Å². The molecule has 0 saturated carbocycles. The van der Waals surface area contributed by atoms with E-state index in [1.807, 2.05) is 13.8 Å². The molecule has 0 unspecified atom stereocenters. The molecule has 5 nitrogen and oxygen atoms in total. The molecule has 0 heterocycles. The highest BCUT2D eigenvalue weighted by Crippen LogP contribution is 2.18. The van der Waals surface area contributed by atoms with Gasteiger partial charge in [0.1, 0.15) is 0 Å². The predicted octanol–water partition coefficient (Wildman–Crippen LogP) is 2.07. The summed E-state index contributed by atoms with van der Waals surface area (Å²) in [6.45, 7) is 4.33. The number of carboxylic acids is 1. The Balaban J connectivity index is 2.45. The average molecular weight is 283 g/mol. The second-order valence-corrected chi connectivity index (χ2v) is 4.77. The Kier molecular flexibility index (Phi) is 5.96. The number of nitrogens with one attached hydrogen (secondary N) is 1. The Morgan fingerprint density at radius 1 is 1.40 bits per heavy atom. The molecule has 1 aromatic carbocycles. The van der Waals surface area contributed by atoms with E-state index in [2.05, 4.69) is 5.32 Å². The van der Waals surface area contributed by atoms with Crippen LogP contribution in [0.15, 0.2) is 18.2 Å². The lowest BCUT2D eigenvalue weighted by Crippen LogP contribution is -2.30. The van der Waals surface area contributed by atoms with Gasteiger partial charge in [0.05, 0.1) is 5.56 Å². The van der Waals surface area contributed by atoms with E-state index in [0.29, 0.717) is 12.5 Å². The summed E-state index contributed by atoms with van der Waals surface area (Å²) in [6, 6.07) is 3.27. The van der Waals surface area contributed by atoms with Crippen molar-refractivity contribution in [3.63, 3.8) is 0 Å². The molecule has 20 heavy (non-hydrogen) atoms. The van der Waals surface area contributed by atoms with Gasteiger partial charge in [-0.3, -0.25) is 4.79 Å². The number of hydrogen-bond donors (Lipinski definition) is 2. The first-order valence-electron chi connectivity index (χ1n) is 6.32. The van der Waals surface area contributed by atoms with Crippen molar-refractivity contribution in [1.82, 2.24) is 5.32 Å². The number of ether oxygens (including phenoxy) is 1. The number of amides is 1. The number of benzene rings is 1. The number of aromatic carboxylic acids is 1. The summed E-state index contributed by atoms with van der Waals surface area (Å²) in [5, 5.41) is 11.3. The van der Waals surface area contributed by atoms with Crippen molar-refractivity contribution in [2.45, 2.75) is 20.3 Å². The number of carboxylic acid groups (broad SMARTS) is 1. The van der Waals surface area contributed by atoms with Crippen LogP contribution in [0.4, 0.5) is 4.39 Å². The molecule has 0 aliphatic rings. The molecule has 6 heteroatoms. The fourth-order valence-corrected chi connectivity index (χ4v) is 1.45. The Labute approximate surface area is 116 Å². The van der Waals surface area contributed by atoms with Crippen LogP contribution in [0.25, 0.3) is 0 Å². The van der Waals surface area contributed by atoms with Gasteiger partial charge in [-0.25, -0.2) is 9.18 Å². The van der Waals surface area contributed by atoms with E-state index >= 15 is 0 Å². The van der Waals surface area contributed by atoms with Crippen molar-refractivity contribution in [2.24, 2.45) is 5.92 Å². The van der Waals surface area contributed by atoms with Crippen molar-refractivity contribution < 1.29 is 23.8 Å². The van der Waals surface area contributed by atoms with Gasteiger partial charge in [0.25, 0.3) is 5.91 Å². The number of carbonyl (C=O) groups excluding carboxylic acids is 1. The number of carbonyl (C=O) groups is 2. The predicted molar refractivity (Wildman–Crippen MR) is 71.3 cm³/mol. The zero-order chi connectivity index (χ0) is 15.1. The van der Waals surface area contributed by atoms with Gasteiger partial charge in [-0.2, -0.15) is 0 Å². The summed E-state index contributed by atoms with van der Waals surface area (Å²) in [6.07, 6.45) is 0.855. The van der Waals surface area contributed by atoms with Crippen molar-refractivity contribution in [3.05, 3.63) is 29.6 Å². The zero-order valence-corrected chi connectivity index (χ0v) is 11.5. The summed E-state index contributed by atoms with van der Waals surface area (Å²) in [5.74, 6) is -2.03. The molecule has 0 bridgehead atoms. The molecule has 0 atom stereocenters. The van der Waals surface area contributed by atoms with Gasteiger partial charge in [-0.05, 0) is 30.5 Å². The summed E-state index contributed by atoms with van der Waals surface area (Å²) in [4.78, 5) is 22.1. The van der Waals surface area contributed by atoms with Crippen LogP contribution in [0.5, 0.6) is 5.75 Å². The summed E-state index contributed by atoms with van der Waals surface area (Å²) in [7, 11) is 0. The highest BCUT2D eigenvalue weighted by molar-refractivity contribution is 5.87. The zero-order valence-electron chi connectivity index (χ0n) is 11.5. The first kappa shape index (κ1) is 15.9. The SMILES string of the molecule is CC(C)CCNC(=O)COc1ccc(C(=O)O)cc1F. The molecule has 0 fully saturated rings. The fraction of sp³-hybridized carbons (Fsp3) is 0.429. The maximum atomic E-state index is 13.5. The topological polar surface area (TPSA) is 75.6 Å². The molecule has 0 aromatic heterocycles. The lowest BCUT2D eigenvalue weighted by atomic mass is 10.1. The second-order valence-electron chi connectivity index (χ2n) is 4.77. The van der Waals surface area contributed by atoms with Gasteiger partial charge in [0.2, 0.25) is 0 Å². The Morgan fingerprint density at radius 3 is 2.65 bits per heavy atom. The molecule has 0 saturated heterocycles. The van der Waals surface area contributed by atoms with E-state index in [-0.39, 0.29) is 23.8 Å². The Bertz CT molecular complexity index is 488. The largest absolute Gasteiger partial charge is 0.481 e. The van der Waals surface area contributed by atoms with E-state index in [1.165, 1.54) is 12.1 Å². The molecule has 110 valence electrons. The van der Waals surface area contributed by atoms with Crippen LogP contribution >= 0.6 is 0 Å². The van der Waals surface area contributed by atoms with Gasteiger partial charge >= 0.3 is 5.97 Å². The lowest BCUT2D eigenvalue weighted by Gasteiger charge is -2.09. The maximum absolute atomic E-state index is 13.5. The molecule has 1 rings (SSSR count).